The molecule has 0 amide bonds. The lowest BCUT2D eigenvalue weighted by Crippen LogP contribution is -2.28. The molecule has 0 atom stereocenters. The maximum Gasteiger partial charge on any atom is 0.273 e. The number of nitro benzene ring substituents is 1. The second-order valence-corrected chi connectivity index (χ2v) is 6.25. The van der Waals surface area contributed by atoms with Crippen LogP contribution in [0.2, 0.25) is 0 Å². The fraction of sp³-hybridized carbons (Fsp3) is 0.625. The van der Waals surface area contributed by atoms with Crippen LogP contribution < -0.4 is 10.2 Å². The summed E-state index contributed by atoms with van der Waals surface area (Å²) in [5.41, 5.74) is 2.06. The molecule has 1 aromatic rings. The summed E-state index contributed by atoms with van der Waals surface area (Å²) >= 11 is 0. The molecule has 0 unspecified atom stereocenters. The molecule has 2 aliphatic carbocycles. The Balaban J connectivity index is 1.86. The van der Waals surface area contributed by atoms with Crippen LogP contribution in [0.4, 0.5) is 17.1 Å². The van der Waals surface area contributed by atoms with Gasteiger partial charge < -0.3 is 10.2 Å². The van der Waals surface area contributed by atoms with E-state index in [4.69, 9.17) is 0 Å². The lowest BCUT2D eigenvalue weighted by atomic mass is 10.2. The predicted octanol–water partition coefficient (Wildman–Crippen LogP) is 3.80. The van der Waals surface area contributed by atoms with Crippen molar-refractivity contribution in [1.82, 2.24) is 0 Å². The lowest BCUT2D eigenvalue weighted by Gasteiger charge is -2.25. The van der Waals surface area contributed by atoms with Gasteiger partial charge in [0.2, 0.25) is 0 Å². The van der Waals surface area contributed by atoms with Gasteiger partial charge in [-0.05, 0) is 44.1 Å². The topological polar surface area (TPSA) is 58.4 Å². The van der Waals surface area contributed by atoms with Crippen molar-refractivity contribution in [2.45, 2.75) is 45.1 Å². The van der Waals surface area contributed by atoms with E-state index >= 15 is 0 Å². The normalized spacial score (nSPS) is 17.6. The van der Waals surface area contributed by atoms with Crippen molar-refractivity contribution in [2.75, 3.05) is 23.3 Å². The molecular weight excluding hydrogens is 266 g/mol. The van der Waals surface area contributed by atoms with Gasteiger partial charge in [0.05, 0.1) is 4.92 Å². The zero-order valence-electron chi connectivity index (χ0n) is 12.5. The van der Waals surface area contributed by atoms with E-state index in [1.807, 2.05) is 0 Å². The molecule has 114 valence electrons. The van der Waals surface area contributed by atoms with Gasteiger partial charge in [0, 0.05) is 42.6 Å². The van der Waals surface area contributed by atoms with E-state index in [1.54, 1.807) is 12.1 Å². The number of non-ortho nitro benzene ring substituents is 1. The molecule has 1 aromatic carbocycles. The molecule has 2 saturated carbocycles. The molecule has 0 saturated heterocycles. The third kappa shape index (κ3) is 3.65. The molecule has 5 heteroatoms. The summed E-state index contributed by atoms with van der Waals surface area (Å²) in [5, 5.41) is 14.5. The van der Waals surface area contributed by atoms with Crippen LogP contribution in [-0.4, -0.2) is 24.1 Å². The average molecular weight is 289 g/mol. The molecule has 3 rings (SSSR count). The SMILES string of the molecule is CCCNc1cc(N(CC2CC2)C2CC2)cc([N+](=O)[O-])c1. The van der Waals surface area contributed by atoms with Crippen molar-refractivity contribution in [2.24, 2.45) is 5.92 Å². The van der Waals surface area contributed by atoms with E-state index in [1.165, 1.54) is 25.7 Å². The number of nitrogens with zero attached hydrogens (tertiary/aromatic N) is 2. The Morgan fingerprint density at radius 3 is 2.62 bits per heavy atom. The summed E-state index contributed by atoms with van der Waals surface area (Å²) in [7, 11) is 0. The Hall–Kier alpha value is -1.78. The van der Waals surface area contributed by atoms with Crippen LogP contribution >= 0.6 is 0 Å². The smallest absolute Gasteiger partial charge is 0.273 e. The molecule has 0 spiro atoms. The Morgan fingerprint density at radius 1 is 1.29 bits per heavy atom. The maximum absolute atomic E-state index is 11.2. The van der Waals surface area contributed by atoms with Crippen molar-refractivity contribution >= 4 is 17.1 Å². The molecular formula is C16H23N3O2. The molecule has 21 heavy (non-hydrogen) atoms. The molecule has 1 N–H and O–H groups in total. The Labute approximate surface area is 125 Å². The highest BCUT2D eigenvalue weighted by Gasteiger charge is 2.34. The average Bonchev–Trinajstić information content (AvgIpc) is 3.35. The summed E-state index contributed by atoms with van der Waals surface area (Å²) in [6.07, 6.45) is 6.05. The van der Waals surface area contributed by atoms with E-state index < -0.39 is 0 Å². The summed E-state index contributed by atoms with van der Waals surface area (Å²) < 4.78 is 0. The standard InChI is InChI=1S/C16H23N3O2/c1-2-7-17-13-8-15(10-16(9-13)19(20)21)18(14-5-6-14)11-12-3-4-12/h8-10,12,14,17H,2-7,11H2,1H3. The van der Waals surface area contributed by atoms with Crippen molar-refractivity contribution < 1.29 is 4.92 Å². The largest absolute Gasteiger partial charge is 0.385 e. The minimum atomic E-state index is -0.289. The summed E-state index contributed by atoms with van der Waals surface area (Å²) in [5.74, 6) is 0.789. The first kappa shape index (κ1) is 14.2. The number of nitro groups is 1. The Kier molecular flexibility index (Phi) is 3.99. The first-order valence-electron chi connectivity index (χ1n) is 7.97. The minimum absolute atomic E-state index is 0.188. The zero-order chi connectivity index (χ0) is 14.8. The summed E-state index contributed by atoms with van der Waals surface area (Å²) in [6, 6.07) is 6.04. The molecule has 2 aliphatic rings. The first-order chi connectivity index (χ1) is 10.2. The van der Waals surface area contributed by atoms with Crippen LogP contribution in [0.1, 0.15) is 39.0 Å². The highest BCUT2D eigenvalue weighted by molar-refractivity contribution is 5.65. The second kappa shape index (κ2) is 5.92. The van der Waals surface area contributed by atoms with Crippen LogP contribution in [0.15, 0.2) is 18.2 Å². The van der Waals surface area contributed by atoms with Crippen LogP contribution in [0.5, 0.6) is 0 Å². The molecule has 5 nitrogen and oxygen atoms in total. The summed E-state index contributed by atoms with van der Waals surface area (Å²) in [4.78, 5) is 13.3. The minimum Gasteiger partial charge on any atom is -0.385 e. The van der Waals surface area contributed by atoms with Gasteiger partial charge in [-0.15, -0.1) is 0 Å². The van der Waals surface area contributed by atoms with E-state index in [0.717, 1.165) is 36.8 Å². The van der Waals surface area contributed by atoms with Gasteiger partial charge in [0.25, 0.3) is 5.69 Å². The number of nitrogens with one attached hydrogen (secondary N) is 1. The van der Waals surface area contributed by atoms with Gasteiger partial charge in [0.15, 0.2) is 0 Å². The van der Waals surface area contributed by atoms with E-state index in [-0.39, 0.29) is 10.6 Å². The van der Waals surface area contributed by atoms with Gasteiger partial charge in [-0.25, -0.2) is 0 Å². The Morgan fingerprint density at radius 2 is 2.05 bits per heavy atom. The second-order valence-electron chi connectivity index (χ2n) is 6.25. The Bertz CT molecular complexity index is 524. The number of anilines is 2. The van der Waals surface area contributed by atoms with Gasteiger partial charge in [0.1, 0.15) is 0 Å². The van der Waals surface area contributed by atoms with Crippen molar-refractivity contribution in [1.29, 1.82) is 0 Å². The molecule has 0 aromatic heterocycles. The molecule has 2 fully saturated rings. The monoisotopic (exact) mass is 289 g/mol. The fourth-order valence-corrected chi connectivity index (χ4v) is 2.67. The lowest BCUT2D eigenvalue weighted by molar-refractivity contribution is -0.384. The maximum atomic E-state index is 11.2. The number of benzene rings is 1. The highest BCUT2D eigenvalue weighted by Crippen LogP contribution is 2.39. The number of hydrogen-bond acceptors (Lipinski definition) is 4. The van der Waals surface area contributed by atoms with Gasteiger partial charge in [-0.2, -0.15) is 0 Å². The van der Waals surface area contributed by atoms with E-state index in [9.17, 15) is 10.1 Å². The molecule has 0 aliphatic heterocycles. The fourth-order valence-electron chi connectivity index (χ4n) is 2.67. The molecule has 0 bridgehead atoms. The van der Waals surface area contributed by atoms with Gasteiger partial charge in [-0.1, -0.05) is 6.92 Å². The molecule has 0 radical (unpaired) electrons. The first-order valence-corrected chi connectivity index (χ1v) is 7.97. The van der Waals surface area contributed by atoms with Gasteiger partial charge in [-0.3, -0.25) is 10.1 Å². The third-order valence-electron chi connectivity index (χ3n) is 4.16. The third-order valence-corrected chi connectivity index (χ3v) is 4.16. The van der Waals surface area contributed by atoms with Gasteiger partial charge >= 0.3 is 0 Å². The summed E-state index contributed by atoms with van der Waals surface area (Å²) in [6.45, 7) is 3.99. The van der Waals surface area contributed by atoms with Crippen LogP contribution in [0.25, 0.3) is 0 Å². The highest BCUT2D eigenvalue weighted by atomic mass is 16.6. The van der Waals surface area contributed by atoms with Crippen molar-refractivity contribution in [3.05, 3.63) is 28.3 Å². The van der Waals surface area contributed by atoms with E-state index in [0.29, 0.717) is 6.04 Å². The van der Waals surface area contributed by atoms with Crippen LogP contribution in [0, 0.1) is 16.0 Å². The van der Waals surface area contributed by atoms with Crippen LogP contribution in [0.3, 0.4) is 0 Å². The quantitative estimate of drug-likeness (QED) is 0.584. The van der Waals surface area contributed by atoms with Crippen LogP contribution in [-0.2, 0) is 0 Å². The number of hydrogen-bond donors (Lipinski definition) is 1. The number of rotatable bonds is 8. The van der Waals surface area contributed by atoms with Crippen molar-refractivity contribution in [3.63, 3.8) is 0 Å². The van der Waals surface area contributed by atoms with E-state index in [2.05, 4.69) is 23.2 Å². The predicted molar refractivity (Wildman–Crippen MR) is 85.0 cm³/mol. The van der Waals surface area contributed by atoms with Crippen molar-refractivity contribution in [3.8, 4) is 0 Å². The molecule has 0 heterocycles. The zero-order valence-corrected chi connectivity index (χ0v) is 12.5.